The van der Waals surface area contributed by atoms with Crippen molar-refractivity contribution in [1.29, 1.82) is 0 Å². The smallest absolute Gasteiger partial charge is 0.238 e. The van der Waals surface area contributed by atoms with Crippen LogP contribution in [0.15, 0.2) is 22.7 Å². The molecule has 0 atom stereocenters. The second kappa shape index (κ2) is 8.55. The zero-order chi connectivity index (χ0) is 17.7. The highest BCUT2D eigenvalue weighted by molar-refractivity contribution is 9.10. The molecule has 1 fully saturated rings. The summed E-state index contributed by atoms with van der Waals surface area (Å²) in [7, 11) is 1.66. The van der Waals surface area contributed by atoms with E-state index in [1.165, 1.54) is 12.1 Å². The second-order valence-corrected chi connectivity index (χ2v) is 6.87. The minimum atomic E-state index is -0.525. The van der Waals surface area contributed by atoms with Gasteiger partial charge in [-0.15, -0.1) is 0 Å². The van der Waals surface area contributed by atoms with E-state index in [9.17, 15) is 19.1 Å². The zero-order valence-corrected chi connectivity index (χ0v) is 15.1. The van der Waals surface area contributed by atoms with Crippen LogP contribution in [0.3, 0.4) is 0 Å². The van der Waals surface area contributed by atoms with Crippen LogP contribution in [0.25, 0.3) is 0 Å². The molecule has 0 spiro atoms. The summed E-state index contributed by atoms with van der Waals surface area (Å²) in [5.74, 6) is -0.990. The quantitative estimate of drug-likeness (QED) is 0.782. The average molecular weight is 402 g/mol. The summed E-state index contributed by atoms with van der Waals surface area (Å²) in [6.07, 6.45) is 0.829. The van der Waals surface area contributed by atoms with Crippen molar-refractivity contribution < 1.29 is 19.1 Å². The number of nitrogens with one attached hydrogen (secondary N) is 1. The van der Waals surface area contributed by atoms with Crippen LogP contribution in [0.2, 0.25) is 0 Å². The van der Waals surface area contributed by atoms with E-state index < -0.39 is 5.82 Å². The lowest BCUT2D eigenvalue weighted by molar-refractivity contribution is -0.134. The van der Waals surface area contributed by atoms with Crippen molar-refractivity contribution in [2.75, 3.05) is 38.5 Å². The first-order chi connectivity index (χ1) is 11.3. The standard InChI is InChI=1S/C16H21BrFN3O3/c1-20(10-16(24)21-6-4-12(22)5-7-21)9-15(23)19-14-3-2-11(17)8-13(14)18/h2-3,8,12,22H,4-7,9-10H2,1H3,(H,19,23). The number of benzene rings is 1. The number of amides is 2. The van der Waals surface area contributed by atoms with E-state index >= 15 is 0 Å². The first-order valence-corrected chi connectivity index (χ1v) is 8.53. The molecule has 1 aromatic carbocycles. The average Bonchev–Trinajstić information content (AvgIpc) is 2.50. The van der Waals surface area contributed by atoms with Crippen molar-refractivity contribution in [3.8, 4) is 0 Å². The van der Waals surface area contributed by atoms with E-state index in [1.54, 1.807) is 22.9 Å². The number of carbonyl (C=O) groups excluding carboxylic acids is 2. The molecule has 1 saturated heterocycles. The maximum atomic E-state index is 13.7. The fourth-order valence-electron chi connectivity index (χ4n) is 2.53. The fourth-order valence-corrected chi connectivity index (χ4v) is 2.86. The Kier molecular flexibility index (Phi) is 6.70. The maximum Gasteiger partial charge on any atom is 0.238 e. The second-order valence-electron chi connectivity index (χ2n) is 5.96. The van der Waals surface area contributed by atoms with Gasteiger partial charge in [-0.3, -0.25) is 14.5 Å². The normalized spacial score (nSPS) is 15.6. The lowest BCUT2D eigenvalue weighted by Gasteiger charge is -2.30. The largest absolute Gasteiger partial charge is 0.393 e. The number of likely N-dealkylation sites (N-methyl/N-ethyl adjacent to an activating group) is 1. The highest BCUT2D eigenvalue weighted by Gasteiger charge is 2.22. The maximum absolute atomic E-state index is 13.7. The number of nitrogens with zero attached hydrogens (tertiary/aromatic N) is 2. The number of halogens is 2. The molecule has 6 nitrogen and oxygen atoms in total. The van der Waals surface area contributed by atoms with Crippen LogP contribution in [-0.2, 0) is 9.59 Å². The van der Waals surface area contributed by atoms with E-state index in [-0.39, 0.29) is 36.7 Å². The van der Waals surface area contributed by atoms with Gasteiger partial charge in [-0.1, -0.05) is 15.9 Å². The summed E-state index contributed by atoms with van der Waals surface area (Å²) in [4.78, 5) is 27.4. The Morgan fingerprint density at radius 2 is 2.04 bits per heavy atom. The molecule has 2 N–H and O–H groups in total. The Bertz CT molecular complexity index is 606. The lowest BCUT2D eigenvalue weighted by Crippen LogP contribution is -2.45. The Morgan fingerprint density at radius 3 is 2.67 bits per heavy atom. The highest BCUT2D eigenvalue weighted by Crippen LogP contribution is 2.19. The molecule has 1 aliphatic heterocycles. The number of likely N-dealkylation sites (tertiary alicyclic amines) is 1. The fraction of sp³-hybridized carbons (Fsp3) is 0.500. The van der Waals surface area contributed by atoms with Gasteiger partial charge in [0.05, 0.1) is 24.9 Å². The summed E-state index contributed by atoms with van der Waals surface area (Å²) < 4.78 is 14.3. The van der Waals surface area contributed by atoms with Crippen LogP contribution in [0, 0.1) is 5.82 Å². The Balaban J connectivity index is 1.79. The van der Waals surface area contributed by atoms with E-state index in [0.717, 1.165) is 0 Å². The van der Waals surface area contributed by atoms with Crippen molar-refractivity contribution in [2.24, 2.45) is 0 Å². The molecule has 8 heteroatoms. The van der Waals surface area contributed by atoms with Gasteiger partial charge in [-0.2, -0.15) is 0 Å². The number of hydrogen-bond donors (Lipinski definition) is 2. The number of anilines is 1. The molecule has 1 aliphatic rings. The van der Waals surface area contributed by atoms with Gasteiger partial charge in [0.15, 0.2) is 0 Å². The summed E-state index contributed by atoms with van der Waals surface area (Å²) in [6, 6.07) is 4.38. The van der Waals surface area contributed by atoms with Crippen LogP contribution in [0.5, 0.6) is 0 Å². The van der Waals surface area contributed by atoms with Crippen LogP contribution in [-0.4, -0.2) is 66.1 Å². The van der Waals surface area contributed by atoms with Gasteiger partial charge in [-0.25, -0.2) is 4.39 Å². The number of piperidine rings is 1. The summed E-state index contributed by atoms with van der Waals surface area (Å²) >= 11 is 3.15. The van der Waals surface area contributed by atoms with Crippen LogP contribution < -0.4 is 5.32 Å². The lowest BCUT2D eigenvalue weighted by atomic mass is 10.1. The number of carbonyl (C=O) groups is 2. The molecule has 2 rings (SSSR count). The highest BCUT2D eigenvalue weighted by atomic mass is 79.9. The Labute approximate surface area is 148 Å². The topological polar surface area (TPSA) is 72.9 Å². The van der Waals surface area contributed by atoms with Gasteiger partial charge in [0.2, 0.25) is 11.8 Å². The van der Waals surface area contributed by atoms with Crippen molar-refractivity contribution in [3.63, 3.8) is 0 Å². The summed E-state index contributed by atoms with van der Waals surface area (Å²) in [5, 5.41) is 11.9. The van der Waals surface area contributed by atoms with Crippen molar-refractivity contribution in [1.82, 2.24) is 9.80 Å². The Hall–Kier alpha value is -1.51. The van der Waals surface area contributed by atoms with Gasteiger partial charge < -0.3 is 15.3 Å². The van der Waals surface area contributed by atoms with Gasteiger partial charge in [0.25, 0.3) is 0 Å². The van der Waals surface area contributed by atoms with E-state index in [1.807, 2.05) is 0 Å². The molecule has 0 aliphatic carbocycles. The minimum Gasteiger partial charge on any atom is -0.393 e. The molecule has 132 valence electrons. The van der Waals surface area contributed by atoms with E-state index in [2.05, 4.69) is 21.2 Å². The van der Waals surface area contributed by atoms with Crippen LogP contribution in [0.4, 0.5) is 10.1 Å². The number of rotatable bonds is 5. The number of aliphatic hydroxyl groups is 1. The molecule has 0 bridgehead atoms. The first-order valence-electron chi connectivity index (χ1n) is 7.74. The number of hydrogen-bond acceptors (Lipinski definition) is 4. The van der Waals surface area contributed by atoms with Crippen LogP contribution in [0.1, 0.15) is 12.8 Å². The molecule has 1 aromatic rings. The third kappa shape index (κ3) is 5.54. The van der Waals surface area contributed by atoms with Gasteiger partial charge in [0, 0.05) is 17.6 Å². The third-order valence-electron chi connectivity index (χ3n) is 3.84. The molecular formula is C16H21BrFN3O3. The SMILES string of the molecule is CN(CC(=O)Nc1ccc(Br)cc1F)CC(=O)N1CCC(O)CC1. The van der Waals surface area contributed by atoms with Crippen LogP contribution >= 0.6 is 15.9 Å². The summed E-state index contributed by atoms with van der Waals surface area (Å²) in [5.41, 5.74) is 0.105. The van der Waals surface area contributed by atoms with E-state index in [4.69, 9.17) is 0 Å². The van der Waals surface area contributed by atoms with E-state index in [0.29, 0.717) is 30.4 Å². The molecular weight excluding hydrogens is 381 g/mol. The Morgan fingerprint density at radius 1 is 1.38 bits per heavy atom. The number of aliphatic hydroxyl groups excluding tert-OH is 1. The minimum absolute atomic E-state index is 0.0162. The van der Waals surface area contributed by atoms with Crippen molar-refractivity contribution >= 4 is 33.4 Å². The molecule has 0 aromatic heterocycles. The zero-order valence-electron chi connectivity index (χ0n) is 13.5. The predicted octanol–water partition coefficient (Wildman–Crippen LogP) is 1.44. The van der Waals surface area contributed by atoms with Gasteiger partial charge >= 0.3 is 0 Å². The molecule has 24 heavy (non-hydrogen) atoms. The van der Waals surface area contributed by atoms with Crippen molar-refractivity contribution in [3.05, 3.63) is 28.5 Å². The third-order valence-corrected chi connectivity index (χ3v) is 4.33. The molecule has 0 unspecified atom stereocenters. The molecule has 0 radical (unpaired) electrons. The monoisotopic (exact) mass is 401 g/mol. The van der Waals surface area contributed by atoms with Crippen molar-refractivity contribution in [2.45, 2.75) is 18.9 Å². The van der Waals surface area contributed by atoms with Gasteiger partial charge in [0.1, 0.15) is 5.82 Å². The predicted molar refractivity (Wildman–Crippen MR) is 92.0 cm³/mol. The first kappa shape index (κ1) is 18.8. The molecule has 2 amide bonds. The molecule has 0 saturated carbocycles. The molecule has 1 heterocycles. The summed E-state index contributed by atoms with van der Waals surface area (Å²) in [6.45, 7) is 1.15. The van der Waals surface area contributed by atoms with Gasteiger partial charge in [-0.05, 0) is 38.1 Å².